The van der Waals surface area contributed by atoms with E-state index in [2.05, 4.69) is 5.32 Å². The lowest BCUT2D eigenvalue weighted by Gasteiger charge is -2.11. The third-order valence-electron chi connectivity index (χ3n) is 3.29. The number of carbonyl (C=O) groups excluding carboxylic acids is 1. The molecule has 0 saturated heterocycles. The fourth-order valence-corrected chi connectivity index (χ4v) is 2.20. The van der Waals surface area contributed by atoms with Crippen LogP contribution in [0.25, 0.3) is 0 Å². The van der Waals surface area contributed by atoms with Crippen molar-refractivity contribution in [1.82, 2.24) is 0 Å². The van der Waals surface area contributed by atoms with Crippen molar-refractivity contribution in [1.29, 1.82) is 0 Å². The molecular formula is C16H15N3O6. The zero-order valence-corrected chi connectivity index (χ0v) is 13.3. The van der Waals surface area contributed by atoms with Gasteiger partial charge in [0.1, 0.15) is 5.75 Å². The predicted octanol–water partition coefficient (Wildman–Crippen LogP) is 3.08. The van der Waals surface area contributed by atoms with E-state index < -0.39 is 27.1 Å². The van der Waals surface area contributed by atoms with Gasteiger partial charge in [0.25, 0.3) is 11.4 Å². The van der Waals surface area contributed by atoms with Crippen molar-refractivity contribution in [2.24, 2.45) is 0 Å². The number of amides is 1. The maximum atomic E-state index is 12.2. The quantitative estimate of drug-likeness (QED) is 0.607. The molecule has 0 saturated carbocycles. The Balaban J connectivity index is 2.21. The van der Waals surface area contributed by atoms with E-state index in [0.29, 0.717) is 18.0 Å². The number of rotatable bonds is 7. The highest BCUT2D eigenvalue weighted by Gasteiger charge is 2.21. The first-order valence-corrected chi connectivity index (χ1v) is 7.35. The summed E-state index contributed by atoms with van der Waals surface area (Å²) in [5.41, 5.74) is -0.346. The molecule has 9 nitrogen and oxygen atoms in total. The van der Waals surface area contributed by atoms with Gasteiger partial charge in [0.05, 0.1) is 34.6 Å². The smallest absolute Gasteiger partial charge is 0.279 e. The van der Waals surface area contributed by atoms with Crippen molar-refractivity contribution < 1.29 is 19.4 Å². The molecule has 0 aliphatic carbocycles. The van der Waals surface area contributed by atoms with Crippen LogP contribution in [-0.4, -0.2) is 22.4 Å². The minimum absolute atomic E-state index is 0.0852. The van der Waals surface area contributed by atoms with Crippen molar-refractivity contribution in [3.05, 3.63) is 68.3 Å². The largest absolute Gasteiger partial charge is 0.492 e. The van der Waals surface area contributed by atoms with Crippen LogP contribution in [0, 0.1) is 20.2 Å². The summed E-state index contributed by atoms with van der Waals surface area (Å²) >= 11 is 0. The molecule has 0 radical (unpaired) electrons. The van der Waals surface area contributed by atoms with Crippen LogP contribution in [0.4, 0.5) is 17.1 Å². The molecule has 25 heavy (non-hydrogen) atoms. The Hall–Kier alpha value is -3.49. The van der Waals surface area contributed by atoms with Gasteiger partial charge in [0.15, 0.2) is 0 Å². The molecule has 1 N–H and O–H groups in total. The van der Waals surface area contributed by atoms with Gasteiger partial charge in [0.2, 0.25) is 5.91 Å². The molecule has 130 valence electrons. The van der Waals surface area contributed by atoms with Crippen LogP contribution in [0.15, 0.2) is 42.5 Å². The van der Waals surface area contributed by atoms with Gasteiger partial charge in [0, 0.05) is 11.6 Å². The van der Waals surface area contributed by atoms with Crippen LogP contribution in [0.5, 0.6) is 5.75 Å². The summed E-state index contributed by atoms with van der Waals surface area (Å²) in [5.74, 6) is -0.0133. The number of nitrogens with zero attached hydrogens (tertiary/aromatic N) is 2. The summed E-state index contributed by atoms with van der Waals surface area (Å²) in [6.45, 7) is 2.22. The Labute approximate surface area is 142 Å². The molecule has 0 spiro atoms. The van der Waals surface area contributed by atoms with Crippen LogP contribution in [0.1, 0.15) is 12.5 Å². The van der Waals surface area contributed by atoms with Crippen molar-refractivity contribution in [3.63, 3.8) is 0 Å². The topological polar surface area (TPSA) is 125 Å². The van der Waals surface area contributed by atoms with Gasteiger partial charge < -0.3 is 10.1 Å². The molecule has 0 heterocycles. The minimum atomic E-state index is -0.746. The maximum Gasteiger partial charge on any atom is 0.279 e. The average molecular weight is 345 g/mol. The third kappa shape index (κ3) is 4.50. The third-order valence-corrected chi connectivity index (χ3v) is 3.29. The Morgan fingerprint density at radius 1 is 1.12 bits per heavy atom. The second kappa shape index (κ2) is 7.86. The standard InChI is InChI=1S/C16H15N3O6/c1-2-25-15-6-4-3-5-13(15)17-16(20)9-11-7-8-12(18(21)22)10-14(11)19(23)24/h3-8,10H,2,9H2,1H3,(H,17,20). The normalized spacial score (nSPS) is 10.1. The summed E-state index contributed by atoms with van der Waals surface area (Å²) in [6, 6.07) is 9.99. The van der Waals surface area contributed by atoms with E-state index in [1.165, 1.54) is 6.07 Å². The monoisotopic (exact) mass is 345 g/mol. The highest BCUT2D eigenvalue weighted by molar-refractivity contribution is 5.94. The van der Waals surface area contributed by atoms with Gasteiger partial charge in [-0.3, -0.25) is 25.0 Å². The molecule has 0 aromatic heterocycles. The van der Waals surface area contributed by atoms with Crippen molar-refractivity contribution in [2.75, 3.05) is 11.9 Å². The number of nitro benzene ring substituents is 2. The number of carbonyl (C=O) groups is 1. The Morgan fingerprint density at radius 3 is 2.48 bits per heavy atom. The Morgan fingerprint density at radius 2 is 1.84 bits per heavy atom. The highest BCUT2D eigenvalue weighted by Crippen LogP contribution is 2.27. The molecule has 0 fully saturated rings. The minimum Gasteiger partial charge on any atom is -0.492 e. The van der Waals surface area contributed by atoms with Gasteiger partial charge in [-0.05, 0) is 25.1 Å². The molecule has 0 unspecified atom stereocenters. The van der Waals surface area contributed by atoms with E-state index in [1.54, 1.807) is 31.2 Å². The van der Waals surface area contributed by atoms with Gasteiger partial charge >= 0.3 is 0 Å². The number of para-hydroxylation sites is 2. The van der Waals surface area contributed by atoms with Crippen LogP contribution >= 0.6 is 0 Å². The molecule has 0 aliphatic rings. The van der Waals surface area contributed by atoms with E-state index in [-0.39, 0.29) is 12.0 Å². The summed E-state index contributed by atoms with van der Waals surface area (Å²) in [5, 5.41) is 24.5. The molecule has 0 atom stereocenters. The maximum absolute atomic E-state index is 12.2. The lowest BCUT2D eigenvalue weighted by Crippen LogP contribution is -2.16. The van der Waals surface area contributed by atoms with E-state index in [1.807, 2.05) is 0 Å². The van der Waals surface area contributed by atoms with Crippen molar-refractivity contribution >= 4 is 23.0 Å². The van der Waals surface area contributed by atoms with E-state index >= 15 is 0 Å². The van der Waals surface area contributed by atoms with E-state index in [0.717, 1.165) is 12.1 Å². The summed E-state index contributed by atoms with van der Waals surface area (Å²) < 4.78 is 5.39. The van der Waals surface area contributed by atoms with Gasteiger partial charge in [-0.2, -0.15) is 0 Å². The lowest BCUT2D eigenvalue weighted by atomic mass is 10.1. The number of anilines is 1. The number of ether oxygens (including phenoxy) is 1. The summed E-state index contributed by atoms with van der Waals surface area (Å²) in [4.78, 5) is 32.6. The summed E-state index contributed by atoms with van der Waals surface area (Å²) in [6.07, 6.45) is -0.297. The SMILES string of the molecule is CCOc1ccccc1NC(=O)Cc1ccc([N+](=O)[O-])cc1[N+](=O)[O-]. The number of non-ortho nitro benzene ring substituents is 1. The average Bonchev–Trinajstić information content (AvgIpc) is 2.56. The van der Waals surface area contributed by atoms with Crippen LogP contribution in [0.3, 0.4) is 0 Å². The zero-order chi connectivity index (χ0) is 18.4. The zero-order valence-electron chi connectivity index (χ0n) is 13.3. The van der Waals surface area contributed by atoms with Crippen molar-refractivity contribution in [2.45, 2.75) is 13.3 Å². The second-order valence-electron chi connectivity index (χ2n) is 4.98. The second-order valence-corrected chi connectivity index (χ2v) is 4.98. The number of benzene rings is 2. The number of nitrogens with one attached hydrogen (secondary N) is 1. The van der Waals surface area contributed by atoms with Crippen LogP contribution < -0.4 is 10.1 Å². The van der Waals surface area contributed by atoms with E-state index in [4.69, 9.17) is 4.74 Å². The molecular weight excluding hydrogens is 330 g/mol. The van der Waals surface area contributed by atoms with E-state index in [9.17, 15) is 25.0 Å². The molecule has 1 amide bonds. The fraction of sp³-hybridized carbons (Fsp3) is 0.188. The predicted molar refractivity (Wildman–Crippen MR) is 89.7 cm³/mol. The van der Waals surface area contributed by atoms with Crippen LogP contribution in [0.2, 0.25) is 0 Å². The molecule has 0 aliphatic heterocycles. The molecule has 2 aromatic carbocycles. The van der Waals surface area contributed by atoms with Crippen molar-refractivity contribution in [3.8, 4) is 5.75 Å². The van der Waals surface area contributed by atoms with Crippen LogP contribution in [-0.2, 0) is 11.2 Å². The lowest BCUT2D eigenvalue weighted by molar-refractivity contribution is -0.394. The molecule has 9 heteroatoms. The number of hydrogen-bond donors (Lipinski definition) is 1. The van der Waals surface area contributed by atoms with Gasteiger partial charge in [-0.1, -0.05) is 12.1 Å². The Kier molecular flexibility index (Phi) is 5.62. The first-order chi connectivity index (χ1) is 11.9. The highest BCUT2D eigenvalue weighted by atomic mass is 16.6. The number of nitro groups is 2. The first-order valence-electron chi connectivity index (χ1n) is 7.35. The fourth-order valence-electron chi connectivity index (χ4n) is 2.20. The number of hydrogen-bond acceptors (Lipinski definition) is 6. The Bertz CT molecular complexity index is 821. The molecule has 2 rings (SSSR count). The van der Waals surface area contributed by atoms with Gasteiger partial charge in [-0.15, -0.1) is 0 Å². The molecule has 2 aromatic rings. The first kappa shape index (κ1) is 17.9. The van der Waals surface area contributed by atoms with Gasteiger partial charge in [-0.25, -0.2) is 0 Å². The molecule has 0 bridgehead atoms. The summed E-state index contributed by atoms with van der Waals surface area (Å²) in [7, 11) is 0.